The van der Waals surface area contributed by atoms with Crippen molar-refractivity contribution in [1.82, 2.24) is 15.0 Å². The Balaban J connectivity index is 1.56. The zero-order valence-corrected chi connectivity index (χ0v) is 18.7. The van der Waals surface area contributed by atoms with Gasteiger partial charge in [-0.25, -0.2) is 0 Å². The lowest BCUT2D eigenvalue weighted by Gasteiger charge is -2.39. The van der Waals surface area contributed by atoms with E-state index in [1.807, 2.05) is 30.5 Å². The lowest BCUT2D eigenvalue weighted by Crippen LogP contribution is -2.54. The van der Waals surface area contributed by atoms with Gasteiger partial charge in [-0.05, 0) is 24.1 Å². The minimum Gasteiger partial charge on any atom is -0.441 e. The van der Waals surface area contributed by atoms with Gasteiger partial charge >= 0.3 is 5.97 Å². The van der Waals surface area contributed by atoms with Crippen molar-refractivity contribution in [2.75, 3.05) is 18.6 Å². The molecule has 1 amide bonds. The van der Waals surface area contributed by atoms with Gasteiger partial charge in [-0.1, -0.05) is 36.4 Å². The third-order valence-electron chi connectivity index (χ3n) is 5.36. The average molecular weight is 443 g/mol. The first-order valence-corrected chi connectivity index (χ1v) is 10.7. The topological polar surface area (TPSA) is 107 Å². The van der Waals surface area contributed by atoms with Gasteiger partial charge in [-0.2, -0.15) is 0 Å². The lowest BCUT2D eigenvalue weighted by atomic mass is 9.96. The van der Waals surface area contributed by atoms with Gasteiger partial charge in [0.15, 0.2) is 6.23 Å². The van der Waals surface area contributed by atoms with Crippen LogP contribution in [-0.2, 0) is 32.0 Å². The van der Waals surface area contributed by atoms with Crippen LogP contribution in [0.5, 0.6) is 0 Å². The molecule has 1 aromatic heterocycles. The van der Waals surface area contributed by atoms with E-state index < -0.39 is 12.2 Å². The molecule has 1 aliphatic rings. The van der Waals surface area contributed by atoms with Crippen molar-refractivity contribution in [2.45, 2.75) is 52.0 Å². The zero-order chi connectivity index (χ0) is 23.1. The molecule has 0 aliphatic carbocycles. The van der Waals surface area contributed by atoms with Crippen LogP contribution in [0.15, 0.2) is 42.6 Å². The van der Waals surface area contributed by atoms with Gasteiger partial charge in [0.25, 0.3) is 0 Å². The highest BCUT2D eigenvalue weighted by molar-refractivity contribution is 6.00. The minimum atomic E-state index is -0.532. The summed E-state index contributed by atoms with van der Waals surface area (Å²) >= 11 is 0. The number of allylic oxidation sites excluding steroid dienone is 1. The van der Waals surface area contributed by atoms with Gasteiger partial charge in [0.1, 0.15) is 0 Å². The number of β-lactam (4-membered cyclic amide) rings is 1. The first-order valence-electron chi connectivity index (χ1n) is 10.7. The number of rotatable bonds is 11. The number of carbonyl (C=O) groups is 2. The number of aryl methyl sites for hydroxylation is 1. The third-order valence-corrected chi connectivity index (χ3v) is 5.36. The fraction of sp³-hybridized carbons (Fsp3) is 0.478. The van der Waals surface area contributed by atoms with Crippen LogP contribution >= 0.6 is 0 Å². The highest BCUT2D eigenvalue weighted by Crippen LogP contribution is 2.32. The van der Waals surface area contributed by atoms with E-state index in [2.05, 4.69) is 29.4 Å². The maximum atomic E-state index is 12.0. The van der Waals surface area contributed by atoms with E-state index in [4.69, 9.17) is 14.6 Å². The van der Waals surface area contributed by atoms with Crippen LogP contribution in [0.25, 0.3) is 0 Å². The molecule has 0 saturated carbocycles. The molecule has 9 nitrogen and oxygen atoms in total. The maximum Gasteiger partial charge on any atom is 0.304 e. The lowest BCUT2D eigenvalue weighted by molar-refractivity contribution is -0.153. The summed E-state index contributed by atoms with van der Waals surface area (Å²) in [6.07, 6.45) is 6.91. The van der Waals surface area contributed by atoms with Crippen LogP contribution in [0.1, 0.15) is 44.1 Å². The summed E-state index contributed by atoms with van der Waals surface area (Å²) in [6, 6.07) is 7.56. The van der Waals surface area contributed by atoms with Crippen molar-refractivity contribution in [3.8, 4) is 0 Å². The highest BCUT2D eigenvalue weighted by Gasteiger charge is 2.39. The number of aromatic nitrogens is 3. The van der Waals surface area contributed by atoms with Crippen LogP contribution in [0.3, 0.4) is 0 Å². The molecule has 2 aromatic rings. The molecular weight excluding hydrogens is 412 g/mol. The Hall–Kier alpha value is -3.04. The molecule has 0 radical (unpaired) electrons. The SMILES string of the molecule is CO[C@@H](c1ccc(N2C(=O)CC2OC(C)=O)cc1)[C@@H](C)/C=C/CCn1cc(CCO)nn1. The zero-order valence-electron chi connectivity index (χ0n) is 18.7. The monoisotopic (exact) mass is 442 g/mol. The molecule has 9 heteroatoms. The molecule has 1 saturated heterocycles. The van der Waals surface area contributed by atoms with Crippen molar-refractivity contribution < 1.29 is 24.2 Å². The van der Waals surface area contributed by atoms with E-state index >= 15 is 0 Å². The summed E-state index contributed by atoms with van der Waals surface area (Å²) in [5.74, 6) is -0.343. The second-order valence-corrected chi connectivity index (χ2v) is 7.80. The molecular formula is C23H30N4O5. The van der Waals surface area contributed by atoms with Crippen LogP contribution in [0, 0.1) is 5.92 Å². The predicted molar refractivity (Wildman–Crippen MR) is 118 cm³/mol. The highest BCUT2D eigenvalue weighted by atomic mass is 16.6. The standard InChI is InChI=1S/C23H30N4O5/c1-16(6-4-5-12-26-15-19(11-13-28)24-25-26)23(31-3)18-7-9-20(10-8-18)27-21(30)14-22(27)32-17(2)29/h4,6-10,15-16,22-23,28H,5,11-14H2,1-3H3/b6-4+/t16-,22?,23+/m0/s1. The number of aliphatic hydroxyl groups excluding tert-OH is 1. The number of amides is 1. The maximum absolute atomic E-state index is 12.0. The average Bonchev–Trinajstić information content (AvgIpc) is 3.20. The van der Waals surface area contributed by atoms with Crippen molar-refractivity contribution in [3.63, 3.8) is 0 Å². The molecule has 1 aromatic carbocycles. The molecule has 0 spiro atoms. The van der Waals surface area contributed by atoms with E-state index in [0.29, 0.717) is 18.7 Å². The number of esters is 1. The molecule has 1 fully saturated rings. The smallest absolute Gasteiger partial charge is 0.304 e. The third kappa shape index (κ3) is 5.80. The molecule has 172 valence electrons. The van der Waals surface area contributed by atoms with Gasteiger partial charge < -0.3 is 14.6 Å². The van der Waals surface area contributed by atoms with E-state index in [0.717, 1.165) is 17.7 Å². The fourth-order valence-corrected chi connectivity index (χ4v) is 3.76. The first kappa shape index (κ1) is 23.6. The Morgan fingerprint density at radius 3 is 2.72 bits per heavy atom. The quantitative estimate of drug-likeness (QED) is 0.323. The Kier molecular flexibility index (Phi) is 8.13. The summed E-state index contributed by atoms with van der Waals surface area (Å²) < 4.78 is 12.7. The van der Waals surface area contributed by atoms with Crippen molar-refractivity contribution in [3.05, 3.63) is 53.9 Å². The summed E-state index contributed by atoms with van der Waals surface area (Å²) in [4.78, 5) is 24.7. The predicted octanol–water partition coefficient (Wildman–Crippen LogP) is 2.41. The second-order valence-electron chi connectivity index (χ2n) is 7.80. The van der Waals surface area contributed by atoms with E-state index in [9.17, 15) is 9.59 Å². The van der Waals surface area contributed by atoms with Crippen molar-refractivity contribution >= 4 is 17.6 Å². The Bertz CT molecular complexity index is 940. The Morgan fingerprint density at radius 1 is 1.34 bits per heavy atom. The number of methoxy groups -OCH3 is 1. The molecule has 1 N–H and O–H groups in total. The van der Waals surface area contributed by atoms with Gasteiger partial charge in [-0.3, -0.25) is 19.2 Å². The van der Waals surface area contributed by atoms with E-state index in [1.165, 1.54) is 11.8 Å². The molecule has 32 heavy (non-hydrogen) atoms. The second kappa shape index (κ2) is 11.0. The van der Waals surface area contributed by atoms with Gasteiger partial charge in [0.2, 0.25) is 5.91 Å². The summed E-state index contributed by atoms with van der Waals surface area (Å²) in [5, 5.41) is 17.0. The Morgan fingerprint density at radius 2 is 2.09 bits per heavy atom. The molecule has 0 bridgehead atoms. The number of nitrogens with zero attached hydrogens (tertiary/aromatic N) is 4. The van der Waals surface area contributed by atoms with Crippen LogP contribution in [0.4, 0.5) is 5.69 Å². The Labute approximate surface area is 187 Å². The number of carbonyl (C=O) groups excluding carboxylic acids is 2. The molecule has 1 unspecified atom stereocenters. The van der Waals surface area contributed by atoms with Gasteiger partial charge in [0, 0.05) is 51.4 Å². The van der Waals surface area contributed by atoms with Crippen LogP contribution < -0.4 is 4.90 Å². The molecule has 1 aliphatic heterocycles. The molecule has 2 heterocycles. The number of aliphatic hydroxyl groups is 1. The number of hydrogen-bond acceptors (Lipinski definition) is 7. The largest absolute Gasteiger partial charge is 0.441 e. The van der Waals surface area contributed by atoms with Gasteiger partial charge in [-0.15, -0.1) is 5.10 Å². The number of anilines is 1. The van der Waals surface area contributed by atoms with E-state index in [1.54, 1.807) is 11.8 Å². The summed E-state index contributed by atoms with van der Waals surface area (Å²) in [7, 11) is 1.68. The van der Waals surface area contributed by atoms with Crippen LogP contribution in [0.2, 0.25) is 0 Å². The van der Waals surface area contributed by atoms with Crippen molar-refractivity contribution in [2.24, 2.45) is 5.92 Å². The molecule has 3 rings (SSSR count). The number of hydrogen-bond donors (Lipinski definition) is 1. The first-order chi connectivity index (χ1) is 15.4. The van der Waals surface area contributed by atoms with Gasteiger partial charge in [0.05, 0.1) is 18.2 Å². The number of benzene rings is 1. The van der Waals surface area contributed by atoms with E-state index in [-0.39, 0.29) is 31.0 Å². The molecule has 3 atom stereocenters. The minimum absolute atomic E-state index is 0.0661. The van der Waals surface area contributed by atoms with Crippen molar-refractivity contribution in [1.29, 1.82) is 0 Å². The number of ether oxygens (including phenoxy) is 2. The summed E-state index contributed by atoms with van der Waals surface area (Å²) in [6.45, 7) is 4.20. The van der Waals surface area contributed by atoms with Crippen LogP contribution in [-0.4, -0.2) is 51.9 Å². The normalized spacial score (nSPS) is 17.9. The fourth-order valence-electron chi connectivity index (χ4n) is 3.76. The summed E-state index contributed by atoms with van der Waals surface area (Å²) in [5.41, 5.74) is 2.48.